The van der Waals surface area contributed by atoms with Crippen molar-refractivity contribution in [1.82, 2.24) is 9.38 Å². The van der Waals surface area contributed by atoms with Crippen LogP contribution in [0.1, 0.15) is 16.1 Å². The standard InChI is InChI=1S/C16H14N2O4S/c1-23(20,21)14-7-5-12(6-8-14)16(19)22-11-13-10-18-9-3-2-4-15(18)17-13/h2-10H,11H2,1H3. The first kappa shape index (κ1) is 15.2. The molecule has 1 aromatic carbocycles. The number of hydrogen-bond acceptors (Lipinski definition) is 5. The molecule has 0 bridgehead atoms. The fourth-order valence-corrected chi connectivity index (χ4v) is 2.75. The van der Waals surface area contributed by atoms with Crippen molar-refractivity contribution in [1.29, 1.82) is 0 Å². The van der Waals surface area contributed by atoms with E-state index in [1.54, 1.807) is 6.20 Å². The summed E-state index contributed by atoms with van der Waals surface area (Å²) in [6, 6.07) is 11.3. The van der Waals surface area contributed by atoms with Crippen molar-refractivity contribution in [3.63, 3.8) is 0 Å². The minimum Gasteiger partial charge on any atom is -0.456 e. The third kappa shape index (κ3) is 3.40. The monoisotopic (exact) mass is 330 g/mol. The Balaban J connectivity index is 1.69. The zero-order valence-electron chi connectivity index (χ0n) is 12.3. The van der Waals surface area contributed by atoms with Crippen LogP contribution in [0.2, 0.25) is 0 Å². The molecule has 2 heterocycles. The van der Waals surface area contributed by atoms with E-state index in [2.05, 4.69) is 4.98 Å². The molecule has 23 heavy (non-hydrogen) atoms. The molecule has 0 radical (unpaired) electrons. The summed E-state index contributed by atoms with van der Waals surface area (Å²) in [4.78, 5) is 16.5. The van der Waals surface area contributed by atoms with Gasteiger partial charge >= 0.3 is 5.97 Å². The SMILES string of the molecule is CS(=O)(=O)c1ccc(C(=O)OCc2cn3ccccc3n2)cc1. The van der Waals surface area contributed by atoms with Gasteiger partial charge < -0.3 is 9.14 Å². The Bertz CT molecular complexity index is 926. The lowest BCUT2D eigenvalue weighted by Gasteiger charge is -2.04. The highest BCUT2D eigenvalue weighted by Gasteiger charge is 2.12. The molecule has 0 atom stereocenters. The maximum atomic E-state index is 12.0. The second-order valence-corrected chi connectivity index (χ2v) is 7.09. The van der Waals surface area contributed by atoms with Crippen molar-refractivity contribution < 1.29 is 17.9 Å². The number of sulfone groups is 1. The Morgan fingerprint density at radius 3 is 2.57 bits per heavy atom. The van der Waals surface area contributed by atoms with Crippen molar-refractivity contribution in [2.75, 3.05) is 6.26 Å². The third-order valence-corrected chi connectivity index (χ3v) is 4.41. The molecular weight excluding hydrogens is 316 g/mol. The van der Waals surface area contributed by atoms with Gasteiger partial charge in [0.25, 0.3) is 0 Å². The van der Waals surface area contributed by atoms with Crippen molar-refractivity contribution >= 4 is 21.5 Å². The van der Waals surface area contributed by atoms with E-state index in [0.29, 0.717) is 11.3 Å². The predicted molar refractivity (Wildman–Crippen MR) is 83.9 cm³/mol. The quantitative estimate of drug-likeness (QED) is 0.685. The number of rotatable bonds is 4. The largest absolute Gasteiger partial charge is 0.456 e. The second kappa shape index (κ2) is 5.85. The number of esters is 1. The smallest absolute Gasteiger partial charge is 0.338 e. The van der Waals surface area contributed by atoms with Crippen LogP contribution < -0.4 is 0 Å². The summed E-state index contributed by atoms with van der Waals surface area (Å²) in [6.45, 7) is 0.0499. The van der Waals surface area contributed by atoms with Gasteiger partial charge in [0.15, 0.2) is 9.84 Å². The van der Waals surface area contributed by atoms with Crippen molar-refractivity contribution in [2.24, 2.45) is 0 Å². The highest BCUT2D eigenvalue weighted by Crippen LogP contribution is 2.12. The molecule has 0 saturated carbocycles. The average molecular weight is 330 g/mol. The molecule has 0 aliphatic carbocycles. The summed E-state index contributed by atoms with van der Waals surface area (Å²) in [5.41, 5.74) is 1.70. The topological polar surface area (TPSA) is 77.7 Å². The van der Waals surface area contributed by atoms with E-state index in [-0.39, 0.29) is 11.5 Å². The van der Waals surface area contributed by atoms with Gasteiger partial charge in [0.2, 0.25) is 0 Å². The van der Waals surface area contributed by atoms with E-state index in [9.17, 15) is 13.2 Å². The molecule has 2 aromatic heterocycles. The maximum Gasteiger partial charge on any atom is 0.338 e. The van der Waals surface area contributed by atoms with Gasteiger partial charge in [-0.25, -0.2) is 18.2 Å². The molecule has 7 heteroatoms. The first-order chi connectivity index (χ1) is 10.9. The van der Waals surface area contributed by atoms with E-state index >= 15 is 0 Å². The van der Waals surface area contributed by atoms with E-state index in [0.717, 1.165) is 11.9 Å². The van der Waals surface area contributed by atoms with Crippen LogP contribution in [0.25, 0.3) is 5.65 Å². The summed E-state index contributed by atoms with van der Waals surface area (Å²) in [7, 11) is -3.28. The number of imidazole rings is 1. The zero-order valence-corrected chi connectivity index (χ0v) is 13.2. The number of pyridine rings is 1. The van der Waals surface area contributed by atoms with Gasteiger partial charge in [-0.05, 0) is 36.4 Å². The second-order valence-electron chi connectivity index (χ2n) is 5.07. The highest BCUT2D eigenvalue weighted by atomic mass is 32.2. The van der Waals surface area contributed by atoms with Gasteiger partial charge in [-0.15, -0.1) is 0 Å². The number of benzene rings is 1. The van der Waals surface area contributed by atoms with Crippen molar-refractivity contribution in [3.05, 3.63) is 66.1 Å². The van der Waals surface area contributed by atoms with Crippen LogP contribution in [-0.4, -0.2) is 30.0 Å². The molecule has 0 aliphatic rings. The Morgan fingerprint density at radius 2 is 1.91 bits per heavy atom. The minimum absolute atomic E-state index is 0.0499. The first-order valence-electron chi connectivity index (χ1n) is 6.83. The Kier molecular flexibility index (Phi) is 3.87. The Hall–Kier alpha value is -2.67. The molecule has 0 N–H and O–H groups in total. The molecular formula is C16H14N2O4S. The van der Waals surface area contributed by atoms with Crippen LogP contribution in [-0.2, 0) is 21.2 Å². The summed E-state index contributed by atoms with van der Waals surface area (Å²) >= 11 is 0. The van der Waals surface area contributed by atoms with E-state index < -0.39 is 15.8 Å². The van der Waals surface area contributed by atoms with Crippen LogP contribution in [0.15, 0.2) is 59.8 Å². The van der Waals surface area contributed by atoms with Crippen LogP contribution >= 0.6 is 0 Å². The van der Waals surface area contributed by atoms with Crippen LogP contribution in [0.3, 0.4) is 0 Å². The highest BCUT2D eigenvalue weighted by molar-refractivity contribution is 7.90. The molecule has 6 nitrogen and oxygen atoms in total. The fourth-order valence-electron chi connectivity index (χ4n) is 2.12. The fraction of sp³-hybridized carbons (Fsp3) is 0.125. The predicted octanol–water partition coefficient (Wildman–Crippen LogP) is 2.09. The number of carbonyl (C=O) groups is 1. The van der Waals surface area contributed by atoms with Crippen LogP contribution in [0, 0.1) is 0 Å². The molecule has 0 unspecified atom stereocenters. The number of ether oxygens (including phenoxy) is 1. The van der Waals surface area contributed by atoms with Crippen LogP contribution in [0.4, 0.5) is 0 Å². The molecule has 0 fully saturated rings. The van der Waals surface area contributed by atoms with Gasteiger partial charge in [0, 0.05) is 18.6 Å². The van der Waals surface area contributed by atoms with Gasteiger partial charge in [-0.1, -0.05) is 6.07 Å². The van der Waals surface area contributed by atoms with E-state index in [4.69, 9.17) is 4.74 Å². The summed E-state index contributed by atoms with van der Waals surface area (Å²) in [5.74, 6) is -0.526. The molecule has 3 aromatic rings. The van der Waals surface area contributed by atoms with E-state index in [1.807, 2.05) is 28.8 Å². The Labute approximate surface area is 133 Å². The zero-order chi connectivity index (χ0) is 16.4. The molecule has 0 spiro atoms. The molecule has 0 saturated heterocycles. The molecule has 0 aliphatic heterocycles. The number of fused-ring (bicyclic) bond motifs is 1. The molecule has 3 rings (SSSR count). The number of hydrogen-bond donors (Lipinski definition) is 0. The summed E-state index contributed by atoms with van der Waals surface area (Å²) in [5, 5.41) is 0. The van der Waals surface area contributed by atoms with Gasteiger partial charge in [-0.3, -0.25) is 0 Å². The lowest BCUT2D eigenvalue weighted by Crippen LogP contribution is -2.06. The molecule has 0 amide bonds. The minimum atomic E-state index is -3.28. The maximum absolute atomic E-state index is 12.0. The summed E-state index contributed by atoms with van der Waals surface area (Å²) < 4.78 is 29.8. The number of aromatic nitrogens is 2. The van der Waals surface area contributed by atoms with Gasteiger partial charge in [-0.2, -0.15) is 0 Å². The van der Waals surface area contributed by atoms with E-state index in [1.165, 1.54) is 24.3 Å². The number of carbonyl (C=O) groups excluding carboxylic acids is 1. The van der Waals surface area contributed by atoms with Gasteiger partial charge in [0.05, 0.1) is 16.2 Å². The molecule has 118 valence electrons. The first-order valence-corrected chi connectivity index (χ1v) is 8.72. The normalized spacial score (nSPS) is 11.5. The van der Waals surface area contributed by atoms with Crippen molar-refractivity contribution in [3.8, 4) is 0 Å². The third-order valence-electron chi connectivity index (χ3n) is 3.28. The van der Waals surface area contributed by atoms with Gasteiger partial charge in [0.1, 0.15) is 12.3 Å². The Morgan fingerprint density at radius 1 is 1.17 bits per heavy atom. The summed E-state index contributed by atoms with van der Waals surface area (Å²) in [6.07, 6.45) is 4.76. The number of nitrogens with zero attached hydrogens (tertiary/aromatic N) is 2. The van der Waals surface area contributed by atoms with Crippen molar-refractivity contribution in [2.45, 2.75) is 11.5 Å². The average Bonchev–Trinajstić information content (AvgIpc) is 2.95. The lowest BCUT2D eigenvalue weighted by atomic mass is 10.2. The lowest BCUT2D eigenvalue weighted by molar-refractivity contribution is 0.0468. The van der Waals surface area contributed by atoms with Crippen LogP contribution in [0.5, 0.6) is 0 Å².